The molecule has 31 heavy (non-hydrogen) atoms. The summed E-state index contributed by atoms with van der Waals surface area (Å²) < 4.78 is 32.1. The number of hydrogen-bond donors (Lipinski definition) is 1. The van der Waals surface area contributed by atoms with E-state index in [0.717, 1.165) is 12.8 Å². The first kappa shape index (κ1) is 22.0. The maximum absolute atomic E-state index is 12.6. The van der Waals surface area contributed by atoms with Crippen LogP contribution < -0.4 is 5.32 Å². The van der Waals surface area contributed by atoms with Crippen molar-refractivity contribution in [1.82, 2.24) is 9.62 Å². The van der Waals surface area contributed by atoms with Crippen LogP contribution >= 0.6 is 11.3 Å². The van der Waals surface area contributed by atoms with Crippen LogP contribution in [-0.4, -0.2) is 50.8 Å². The van der Waals surface area contributed by atoms with Crippen molar-refractivity contribution in [3.8, 4) is 0 Å². The van der Waals surface area contributed by atoms with E-state index in [1.54, 1.807) is 17.5 Å². The Labute approximate surface area is 186 Å². The van der Waals surface area contributed by atoms with Gasteiger partial charge in [0.05, 0.1) is 5.92 Å². The van der Waals surface area contributed by atoms with Crippen molar-refractivity contribution in [2.75, 3.05) is 26.2 Å². The lowest BCUT2D eigenvalue weighted by Crippen LogP contribution is -2.41. The molecule has 166 valence electrons. The smallest absolute Gasteiger partial charge is 0.309 e. The minimum Gasteiger partial charge on any atom is -0.455 e. The van der Waals surface area contributed by atoms with Gasteiger partial charge in [0.15, 0.2) is 6.61 Å². The largest absolute Gasteiger partial charge is 0.455 e. The van der Waals surface area contributed by atoms with Crippen molar-refractivity contribution in [2.45, 2.75) is 35.3 Å². The summed E-state index contributed by atoms with van der Waals surface area (Å²) in [6, 6.07) is 13.4. The van der Waals surface area contributed by atoms with Gasteiger partial charge in [-0.1, -0.05) is 36.4 Å². The molecule has 1 aromatic carbocycles. The Balaban J connectivity index is 1.20. The van der Waals surface area contributed by atoms with Crippen molar-refractivity contribution < 1.29 is 22.7 Å². The molecular formula is C22H26N2O5S2. The van der Waals surface area contributed by atoms with E-state index in [4.69, 9.17) is 4.74 Å². The van der Waals surface area contributed by atoms with Crippen LogP contribution in [0.5, 0.6) is 0 Å². The van der Waals surface area contributed by atoms with Crippen molar-refractivity contribution in [1.29, 1.82) is 0 Å². The number of carbonyl (C=O) groups excluding carboxylic acids is 2. The standard InChI is InChI=1S/C22H26N2O5S2/c25-19(23-16-22(10-11-22)18-5-2-1-3-6-18)15-29-21(26)17-8-12-24(13-9-17)31(27,28)20-7-4-14-30-20/h1-7,14,17H,8-13,15-16H2,(H,23,25). The molecule has 1 saturated heterocycles. The molecule has 0 bridgehead atoms. The number of carbonyl (C=O) groups is 2. The molecule has 1 saturated carbocycles. The van der Waals surface area contributed by atoms with Crippen LogP contribution in [0.2, 0.25) is 0 Å². The Bertz CT molecular complexity index is 1010. The normalized spacial score (nSPS) is 19.0. The lowest BCUT2D eigenvalue weighted by molar-refractivity contribution is -0.153. The Morgan fingerprint density at radius 2 is 1.81 bits per heavy atom. The first-order valence-electron chi connectivity index (χ1n) is 10.4. The number of rotatable bonds is 8. The van der Waals surface area contributed by atoms with Crippen LogP contribution in [0.4, 0.5) is 0 Å². The molecule has 2 aromatic rings. The van der Waals surface area contributed by atoms with Gasteiger partial charge in [-0.2, -0.15) is 4.31 Å². The van der Waals surface area contributed by atoms with Gasteiger partial charge < -0.3 is 10.1 Å². The summed E-state index contributed by atoms with van der Waals surface area (Å²) in [5, 5.41) is 4.61. The molecule has 2 aliphatic rings. The quantitative estimate of drug-likeness (QED) is 0.609. The van der Waals surface area contributed by atoms with Crippen LogP contribution in [0.1, 0.15) is 31.2 Å². The van der Waals surface area contributed by atoms with Gasteiger partial charge in [0.1, 0.15) is 4.21 Å². The van der Waals surface area contributed by atoms with E-state index in [1.807, 2.05) is 18.2 Å². The van der Waals surface area contributed by atoms with Crippen molar-refractivity contribution >= 4 is 33.2 Å². The van der Waals surface area contributed by atoms with Gasteiger partial charge in [0.25, 0.3) is 15.9 Å². The summed E-state index contributed by atoms with van der Waals surface area (Å²) in [6.07, 6.45) is 2.85. The first-order chi connectivity index (χ1) is 14.9. The van der Waals surface area contributed by atoms with Gasteiger partial charge in [-0.05, 0) is 42.7 Å². The fraction of sp³-hybridized carbons (Fsp3) is 0.455. The highest BCUT2D eigenvalue weighted by atomic mass is 32.2. The molecule has 2 fully saturated rings. The Morgan fingerprint density at radius 3 is 2.42 bits per heavy atom. The number of piperidine rings is 1. The number of benzene rings is 1. The Hall–Kier alpha value is -2.23. The van der Waals surface area contributed by atoms with Gasteiger partial charge in [-0.15, -0.1) is 11.3 Å². The second-order valence-corrected chi connectivity index (χ2v) is 11.3. The molecule has 0 radical (unpaired) electrons. The van der Waals surface area contributed by atoms with Crippen LogP contribution in [0.3, 0.4) is 0 Å². The van der Waals surface area contributed by atoms with E-state index in [0.29, 0.717) is 23.6 Å². The Morgan fingerprint density at radius 1 is 1.10 bits per heavy atom. The predicted octanol–water partition coefficient (Wildman–Crippen LogP) is 2.54. The third-order valence-corrected chi connectivity index (χ3v) is 9.36. The second kappa shape index (κ2) is 9.10. The van der Waals surface area contributed by atoms with Gasteiger partial charge in [-0.3, -0.25) is 9.59 Å². The van der Waals surface area contributed by atoms with Crippen molar-refractivity contribution in [2.24, 2.45) is 5.92 Å². The molecule has 1 aliphatic heterocycles. The fourth-order valence-electron chi connectivity index (χ4n) is 3.95. The lowest BCUT2D eigenvalue weighted by atomic mass is 9.96. The monoisotopic (exact) mass is 462 g/mol. The highest BCUT2D eigenvalue weighted by molar-refractivity contribution is 7.91. The number of thiophene rings is 1. The van der Waals surface area contributed by atoms with E-state index < -0.39 is 16.0 Å². The van der Waals surface area contributed by atoms with E-state index in [9.17, 15) is 18.0 Å². The minimum atomic E-state index is -3.50. The van der Waals surface area contributed by atoms with Gasteiger partial charge >= 0.3 is 5.97 Å². The number of sulfonamides is 1. The van der Waals surface area contributed by atoms with Gasteiger partial charge in [-0.25, -0.2) is 8.42 Å². The highest BCUT2D eigenvalue weighted by Gasteiger charge is 2.44. The van der Waals surface area contributed by atoms with E-state index in [2.05, 4.69) is 17.4 Å². The Kier molecular flexibility index (Phi) is 6.45. The molecule has 2 heterocycles. The van der Waals surface area contributed by atoms with Crippen LogP contribution in [0.15, 0.2) is 52.1 Å². The number of amides is 1. The van der Waals surface area contributed by atoms with Crippen LogP contribution in [0.25, 0.3) is 0 Å². The molecular weight excluding hydrogens is 436 g/mol. The topological polar surface area (TPSA) is 92.8 Å². The van der Waals surface area contributed by atoms with Crippen molar-refractivity contribution in [3.05, 3.63) is 53.4 Å². The number of nitrogens with zero attached hydrogens (tertiary/aromatic N) is 1. The molecule has 1 aromatic heterocycles. The van der Waals surface area contributed by atoms with Gasteiger partial charge in [0.2, 0.25) is 0 Å². The molecule has 7 nitrogen and oxygen atoms in total. The molecule has 0 unspecified atom stereocenters. The van der Waals surface area contributed by atoms with Crippen LogP contribution in [0, 0.1) is 5.92 Å². The average Bonchev–Trinajstić information content (AvgIpc) is 3.38. The third kappa shape index (κ3) is 4.99. The second-order valence-electron chi connectivity index (χ2n) is 8.14. The summed E-state index contributed by atoms with van der Waals surface area (Å²) in [4.78, 5) is 24.5. The third-order valence-electron chi connectivity index (χ3n) is 6.09. The summed E-state index contributed by atoms with van der Waals surface area (Å²) in [5.41, 5.74) is 1.22. The van der Waals surface area contributed by atoms with E-state index >= 15 is 0 Å². The SMILES string of the molecule is O=C(COC(=O)C1CCN(S(=O)(=O)c2cccs2)CC1)NCC1(c2ccccc2)CC1. The highest BCUT2D eigenvalue weighted by Crippen LogP contribution is 2.47. The summed E-state index contributed by atoms with van der Waals surface area (Å²) in [5.74, 6) is -1.14. The minimum absolute atomic E-state index is 0.00180. The summed E-state index contributed by atoms with van der Waals surface area (Å²) >= 11 is 1.19. The zero-order chi connectivity index (χ0) is 21.9. The van der Waals surface area contributed by atoms with Crippen LogP contribution in [-0.2, 0) is 29.8 Å². The zero-order valence-electron chi connectivity index (χ0n) is 17.2. The molecule has 1 N–H and O–H groups in total. The number of ether oxygens (including phenoxy) is 1. The average molecular weight is 463 g/mol. The van der Waals surface area contributed by atoms with Gasteiger partial charge in [0, 0.05) is 25.0 Å². The van der Waals surface area contributed by atoms with Crippen molar-refractivity contribution in [3.63, 3.8) is 0 Å². The molecule has 9 heteroatoms. The van der Waals surface area contributed by atoms with E-state index in [-0.39, 0.29) is 36.9 Å². The predicted molar refractivity (Wildman–Crippen MR) is 117 cm³/mol. The van der Waals surface area contributed by atoms with E-state index in [1.165, 1.54) is 21.2 Å². The molecule has 0 spiro atoms. The lowest BCUT2D eigenvalue weighted by Gasteiger charge is -2.29. The summed E-state index contributed by atoms with van der Waals surface area (Å²) in [6.45, 7) is 0.765. The maximum Gasteiger partial charge on any atom is 0.309 e. The fourth-order valence-corrected chi connectivity index (χ4v) is 6.57. The summed E-state index contributed by atoms with van der Waals surface area (Å²) in [7, 11) is -3.50. The first-order valence-corrected chi connectivity index (χ1v) is 12.8. The maximum atomic E-state index is 12.6. The molecule has 1 aliphatic carbocycles. The molecule has 1 amide bonds. The molecule has 4 rings (SSSR count). The number of esters is 1. The number of hydrogen-bond acceptors (Lipinski definition) is 6. The number of nitrogens with one attached hydrogen (secondary N) is 1. The molecule has 0 atom stereocenters. The zero-order valence-corrected chi connectivity index (χ0v) is 18.8.